The molecule has 1 unspecified atom stereocenters. The van der Waals surface area contributed by atoms with Gasteiger partial charge in [0.05, 0.1) is 6.26 Å². The maximum absolute atomic E-state index is 12.2. The zero-order chi connectivity index (χ0) is 13.3. The van der Waals surface area contributed by atoms with Gasteiger partial charge >= 0.3 is 0 Å². The largest absolute Gasteiger partial charge is 0.464 e. The number of alkyl halides is 3. The molecule has 1 atom stereocenters. The molecule has 0 saturated heterocycles. The summed E-state index contributed by atoms with van der Waals surface area (Å²) in [5, 5.41) is 3.62. The van der Waals surface area contributed by atoms with Crippen LogP contribution in [0.5, 0.6) is 0 Å². The second-order valence-electron chi connectivity index (χ2n) is 3.80. The topological polar surface area (TPSA) is 42.2 Å². The molecule has 18 heavy (non-hydrogen) atoms. The molecule has 0 aliphatic carbocycles. The lowest BCUT2D eigenvalue weighted by molar-refractivity contribution is 0.0948. The Morgan fingerprint density at radius 3 is 2.67 bits per heavy atom. The highest BCUT2D eigenvalue weighted by Gasteiger charge is 2.37. The van der Waals surface area contributed by atoms with Crippen LogP contribution in [0.3, 0.4) is 0 Å². The first-order valence-electron chi connectivity index (χ1n) is 5.19. The van der Waals surface area contributed by atoms with Crippen LogP contribution in [-0.4, -0.2) is 22.7 Å². The Hall–Kier alpha value is -0.740. The Labute approximate surface area is 119 Å². The first-order valence-corrected chi connectivity index (χ1v) is 6.32. The van der Waals surface area contributed by atoms with Crippen molar-refractivity contribution in [2.75, 3.05) is 7.05 Å². The summed E-state index contributed by atoms with van der Waals surface area (Å²) in [7, 11) is 1.57. The molecule has 1 heterocycles. The molecule has 0 spiro atoms. The smallest absolute Gasteiger partial charge is 0.213 e. The van der Waals surface area contributed by atoms with E-state index in [0.717, 1.165) is 5.39 Å². The number of likely N-dealkylation sites (N-methyl/N-ethyl adjacent to an activating group) is 1. The lowest BCUT2D eigenvalue weighted by Crippen LogP contribution is -2.44. The number of halogens is 3. The summed E-state index contributed by atoms with van der Waals surface area (Å²) in [5.41, 5.74) is 1.06. The normalized spacial score (nSPS) is 13.8. The van der Waals surface area contributed by atoms with Crippen LogP contribution < -0.4 is 5.32 Å². The fourth-order valence-corrected chi connectivity index (χ4v) is 2.34. The zero-order valence-electron chi connectivity index (χ0n) is 9.41. The van der Waals surface area contributed by atoms with Gasteiger partial charge in [-0.2, -0.15) is 0 Å². The van der Waals surface area contributed by atoms with Crippen molar-refractivity contribution in [2.24, 2.45) is 0 Å². The summed E-state index contributed by atoms with van der Waals surface area (Å²) in [5.74, 6) is -0.296. The van der Waals surface area contributed by atoms with Crippen molar-refractivity contribution in [3.63, 3.8) is 0 Å². The second-order valence-corrected chi connectivity index (χ2v) is 6.17. The summed E-state index contributed by atoms with van der Waals surface area (Å²) in [4.78, 5) is 12.2. The molecule has 1 N–H and O–H groups in total. The van der Waals surface area contributed by atoms with Gasteiger partial charge in [-0.05, 0) is 19.2 Å². The molecule has 0 bridgehead atoms. The zero-order valence-corrected chi connectivity index (χ0v) is 11.7. The Kier molecular flexibility index (Phi) is 3.87. The number of fused-ring (bicyclic) bond motifs is 1. The highest BCUT2D eigenvalue weighted by Crippen LogP contribution is 2.32. The quantitative estimate of drug-likeness (QED) is 0.696. The summed E-state index contributed by atoms with van der Waals surface area (Å²) >= 11 is 17.3. The van der Waals surface area contributed by atoms with Gasteiger partial charge in [-0.1, -0.05) is 46.9 Å². The number of hydrogen-bond donors (Lipinski definition) is 1. The number of carbonyl (C=O) groups excluding carboxylic acids is 1. The van der Waals surface area contributed by atoms with Crippen molar-refractivity contribution in [2.45, 2.75) is 9.83 Å². The molecule has 1 aromatic carbocycles. The Morgan fingerprint density at radius 1 is 1.33 bits per heavy atom. The fourth-order valence-electron chi connectivity index (χ4n) is 1.72. The molecule has 1 aromatic heterocycles. The highest BCUT2D eigenvalue weighted by molar-refractivity contribution is 6.69. The van der Waals surface area contributed by atoms with E-state index >= 15 is 0 Å². The number of rotatable bonds is 3. The third-order valence-corrected chi connectivity index (χ3v) is 3.27. The van der Waals surface area contributed by atoms with E-state index in [-0.39, 0.29) is 5.78 Å². The number of furan rings is 1. The van der Waals surface area contributed by atoms with Crippen molar-refractivity contribution >= 4 is 51.6 Å². The number of hydrogen-bond acceptors (Lipinski definition) is 3. The predicted octanol–water partition coefficient (Wildman–Crippen LogP) is 3.57. The SMILES string of the molecule is CNC(C(=O)c1ccc2ccoc2c1)C(Cl)(Cl)Cl. The van der Waals surface area contributed by atoms with Crippen LogP contribution in [0.2, 0.25) is 0 Å². The van der Waals surface area contributed by atoms with Crippen LogP contribution in [-0.2, 0) is 0 Å². The number of benzene rings is 1. The molecular formula is C12H10Cl3NO2. The minimum absolute atomic E-state index is 0.296. The molecule has 0 aliphatic heterocycles. The first kappa shape index (κ1) is 13.7. The molecule has 0 aliphatic rings. The Balaban J connectivity index is 2.37. The molecule has 0 saturated carbocycles. The lowest BCUT2D eigenvalue weighted by Gasteiger charge is -2.22. The number of Topliss-reactive ketones (excluding diaryl/α,β-unsaturated/α-hetero) is 1. The average molecular weight is 307 g/mol. The van der Waals surface area contributed by atoms with Crippen LogP contribution >= 0.6 is 34.8 Å². The van der Waals surface area contributed by atoms with Gasteiger partial charge in [-0.3, -0.25) is 4.79 Å². The van der Waals surface area contributed by atoms with Gasteiger partial charge in [-0.25, -0.2) is 0 Å². The Bertz CT molecular complexity index is 574. The lowest BCUT2D eigenvalue weighted by atomic mass is 10.0. The van der Waals surface area contributed by atoms with Gasteiger partial charge in [0, 0.05) is 10.9 Å². The van der Waals surface area contributed by atoms with Crippen LogP contribution in [0.15, 0.2) is 34.9 Å². The molecule has 6 heteroatoms. The van der Waals surface area contributed by atoms with E-state index in [9.17, 15) is 4.79 Å². The van der Waals surface area contributed by atoms with Crippen LogP contribution in [0.4, 0.5) is 0 Å². The average Bonchev–Trinajstić information content (AvgIpc) is 2.74. The maximum atomic E-state index is 12.2. The van der Waals surface area contributed by atoms with Crippen LogP contribution in [0, 0.1) is 0 Å². The molecule has 0 fully saturated rings. The van der Waals surface area contributed by atoms with Crippen molar-refractivity contribution in [3.8, 4) is 0 Å². The number of nitrogens with one attached hydrogen (secondary N) is 1. The van der Waals surface area contributed by atoms with Gasteiger partial charge in [0.15, 0.2) is 5.78 Å². The Morgan fingerprint density at radius 2 is 2.06 bits per heavy atom. The number of ketones is 1. The standard InChI is InChI=1S/C12H10Cl3NO2/c1-16-11(12(13,14)15)10(17)8-3-2-7-4-5-18-9(7)6-8/h2-6,11,16H,1H3. The highest BCUT2D eigenvalue weighted by atomic mass is 35.6. The molecular weight excluding hydrogens is 296 g/mol. The number of carbonyl (C=O) groups is 1. The summed E-state index contributed by atoms with van der Waals surface area (Å²) in [6, 6.07) is 6.01. The minimum Gasteiger partial charge on any atom is -0.464 e. The van der Waals surface area contributed by atoms with E-state index in [4.69, 9.17) is 39.2 Å². The van der Waals surface area contributed by atoms with Crippen molar-refractivity contribution in [1.29, 1.82) is 0 Å². The van der Waals surface area contributed by atoms with Gasteiger partial charge < -0.3 is 9.73 Å². The van der Waals surface area contributed by atoms with Crippen LogP contribution in [0.25, 0.3) is 11.0 Å². The molecule has 3 nitrogen and oxygen atoms in total. The van der Waals surface area contributed by atoms with Crippen LogP contribution in [0.1, 0.15) is 10.4 Å². The van der Waals surface area contributed by atoms with Gasteiger partial charge in [0.1, 0.15) is 11.6 Å². The first-order chi connectivity index (χ1) is 8.43. The van der Waals surface area contributed by atoms with E-state index in [0.29, 0.717) is 11.1 Å². The van der Waals surface area contributed by atoms with E-state index in [2.05, 4.69) is 5.32 Å². The molecule has 0 amide bonds. The summed E-state index contributed by atoms with van der Waals surface area (Å²) in [6.07, 6.45) is 1.56. The van der Waals surface area contributed by atoms with Gasteiger partial charge in [-0.15, -0.1) is 0 Å². The van der Waals surface area contributed by atoms with Crippen molar-refractivity contribution < 1.29 is 9.21 Å². The van der Waals surface area contributed by atoms with E-state index in [1.54, 1.807) is 31.5 Å². The van der Waals surface area contributed by atoms with Crippen molar-refractivity contribution in [1.82, 2.24) is 5.32 Å². The van der Waals surface area contributed by atoms with E-state index in [1.807, 2.05) is 6.07 Å². The third kappa shape index (κ3) is 2.64. The monoisotopic (exact) mass is 305 g/mol. The predicted molar refractivity (Wildman–Crippen MR) is 73.7 cm³/mol. The fraction of sp³-hybridized carbons (Fsp3) is 0.250. The molecule has 0 radical (unpaired) electrons. The van der Waals surface area contributed by atoms with Crippen molar-refractivity contribution in [3.05, 3.63) is 36.1 Å². The van der Waals surface area contributed by atoms with Gasteiger partial charge in [0.25, 0.3) is 0 Å². The molecule has 2 aromatic rings. The molecule has 96 valence electrons. The third-order valence-electron chi connectivity index (χ3n) is 2.62. The van der Waals surface area contributed by atoms with E-state index in [1.165, 1.54) is 0 Å². The maximum Gasteiger partial charge on any atom is 0.213 e. The van der Waals surface area contributed by atoms with E-state index < -0.39 is 9.83 Å². The minimum atomic E-state index is -1.70. The van der Waals surface area contributed by atoms with Gasteiger partial charge in [0.2, 0.25) is 3.79 Å². The summed E-state index contributed by atoms with van der Waals surface area (Å²) in [6.45, 7) is 0. The second kappa shape index (κ2) is 5.10. The summed E-state index contributed by atoms with van der Waals surface area (Å²) < 4.78 is 3.53. The molecule has 2 rings (SSSR count).